The van der Waals surface area contributed by atoms with Gasteiger partial charge in [0.25, 0.3) is 0 Å². The molecule has 0 saturated heterocycles. The molecular formula is C13H18BrNS. The van der Waals surface area contributed by atoms with Crippen LogP contribution in [-0.4, -0.2) is 6.04 Å². The Morgan fingerprint density at radius 2 is 2.31 bits per heavy atom. The molecule has 2 fully saturated rings. The van der Waals surface area contributed by atoms with Gasteiger partial charge in [-0.05, 0) is 65.4 Å². The topological polar surface area (TPSA) is 26.0 Å². The Bertz CT molecular complexity index is 376. The van der Waals surface area contributed by atoms with Crippen molar-refractivity contribution in [2.24, 2.45) is 23.5 Å². The van der Waals surface area contributed by atoms with Gasteiger partial charge < -0.3 is 5.73 Å². The summed E-state index contributed by atoms with van der Waals surface area (Å²) < 4.78 is 1.20. The van der Waals surface area contributed by atoms with Crippen molar-refractivity contribution in [1.29, 1.82) is 0 Å². The van der Waals surface area contributed by atoms with Crippen molar-refractivity contribution in [2.75, 3.05) is 0 Å². The van der Waals surface area contributed by atoms with Crippen LogP contribution in [0.15, 0.2) is 15.9 Å². The Balaban J connectivity index is 1.63. The highest BCUT2D eigenvalue weighted by Gasteiger charge is 2.41. The molecule has 1 nitrogen and oxygen atoms in total. The third-order valence-electron chi connectivity index (χ3n) is 4.40. The molecule has 1 aromatic rings. The van der Waals surface area contributed by atoms with Crippen molar-refractivity contribution in [3.63, 3.8) is 0 Å². The molecule has 3 heteroatoms. The highest BCUT2D eigenvalue weighted by atomic mass is 79.9. The Hall–Kier alpha value is 0.140. The molecule has 0 radical (unpaired) electrons. The quantitative estimate of drug-likeness (QED) is 0.902. The van der Waals surface area contributed by atoms with Gasteiger partial charge in [0, 0.05) is 20.8 Å². The number of nitrogens with two attached hydrogens (primary N) is 1. The second kappa shape index (κ2) is 4.43. The summed E-state index contributed by atoms with van der Waals surface area (Å²) in [6.45, 7) is 0. The first kappa shape index (κ1) is 11.2. The number of hydrogen-bond donors (Lipinski definition) is 1. The van der Waals surface area contributed by atoms with Crippen molar-refractivity contribution in [1.82, 2.24) is 0 Å². The highest BCUT2D eigenvalue weighted by Crippen LogP contribution is 2.49. The molecule has 2 saturated carbocycles. The molecule has 0 amide bonds. The Morgan fingerprint density at radius 1 is 1.44 bits per heavy atom. The molecule has 3 rings (SSSR count). The van der Waals surface area contributed by atoms with E-state index in [4.69, 9.17) is 5.73 Å². The molecule has 0 aromatic carbocycles. The average Bonchev–Trinajstić information content (AvgIpc) is 2.93. The maximum Gasteiger partial charge on any atom is 0.0285 e. The van der Waals surface area contributed by atoms with Crippen molar-refractivity contribution in [3.8, 4) is 0 Å². The summed E-state index contributed by atoms with van der Waals surface area (Å²) in [5.41, 5.74) is 6.40. The van der Waals surface area contributed by atoms with E-state index < -0.39 is 0 Å². The summed E-state index contributed by atoms with van der Waals surface area (Å²) in [6.07, 6.45) is 6.85. The van der Waals surface area contributed by atoms with E-state index in [-0.39, 0.29) is 0 Å². The van der Waals surface area contributed by atoms with Crippen molar-refractivity contribution >= 4 is 27.3 Å². The van der Waals surface area contributed by atoms with Gasteiger partial charge in [0.1, 0.15) is 0 Å². The minimum atomic E-state index is 0.390. The first-order chi connectivity index (χ1) is 7.72. The van der Waals surface area contributed by atoms with Crippen molar-refractivity contribution < 1.29 is 0 Å². The van der Waals surface area contributed by atoms with Gasteiger partial charge in [-0.3, -0.25) is 0 Å². The van der Waals surface area contributed by atoms with E-state index in [9.17, 15) is 0 Å². The largest absolute Gasteiger partial charge is 0.327 e. The van der Waals surface area contributed by atoms with E-state index in [1.54, 1.807) is 0 Å². The monoisotopic (exact) mass is 299 g/mol. The Kier molecular flexibility index (Phi) is 3.11. The summed E-state index contributed by atoms with van der Waals surface area (Å²) in [4.78, 5) is 1.43. The number of hydrogen-bond acceptors (Lipinski definition) is 2. The van der Waals surface area contributed by atoms with Crippen LogP contribution in [0.4, 0.5) is 0 Å². The van der Waals surface area contributed by atoms with Crippen LogP contribution < -0.4 is 5.73 Å². The normalized spacial score (nSPS) is 34.5. The van der Waals surface area contributed by atoms with Gasteiger partial charge in [-0.2, -0.15) is 0 Å². The van der Waals surface area contributed by atoms with Crippen LogP contribution in [0, 0.1) is 17.8 Å². The van der Waals surface area contributed by atoms with Crippen LogP contribution in [-0.2, 0) is 6.42 Å². The molecule has 1 heterocycles. The molecule has 2 bridgehead atoms. The van der Waals surface area contributed by atoms with Gasteiger partial charge in [0.05, 0.1) is 0 Å². The summed E-state index contributed by atoms with van der Waals surface area (Å²) in [7, 11) is 0. The van der Waals surface area contributed by atoms with E-state index in [0.717, 1.165) is 24.2 Å². The van der Waals surface area contributed by atoms with Crippen LogP contribution in [0.25, 0.3) is 0 Å². The van der Waals surface area contributed by atoms with E-state index >= 15 is 0 Å². The smallest absolute Gasteiger partial charge is 0.0285 e. The lowest BCUT2D eigenvalue weighted by molar-refractivity contribution is 0.281. The molecule has 16 heavy (non-hydrogen) atoms. The van der Waals surface area contributed by atoms with Gasteiger partial charge in [-0.25, -0.2) is 0 Å². The first-order valence-corrected chi connectivity index (χ1v) is 7.88. The van der Waals surface area contributed by atoms with Gasteiger partial charge >= 0.3 is 0 Å². The average molecular weight is 300 g/mol. The van der Waals surface area contributed by atoms with Gasteiger partial charge in [0.15, 0.2) is 0 Å². The van der Waals surface area contributed by atoms with Crippen LogP contribution in [0.1, 0.15) is 30.6 Å². The fraction of sp³-hybridized carbons (Fsp3) is 0.692. The number of thiophene rings is 1. The summed E-state index contributed by atoms with van der Waals surface area (Å²) >= 11 is 5.34. The molecule has 4 unspecified atom stereocenters. The lowest BCUT2D eigenvalue weighted by Crippen LogP contribution is -2.35. The zero-order valence-corrected chi connectivity index (χ0v) is 11.8. The standard InChI is InChI=1S/C13H18BrNS/c14-10-5-11(16-7-10)6-13(15)12-4-8-1-2-9(12)3-8/h5,7-9,12-13H,1-4,6,15H2. The number of fused-ring (bicyclic) bond motifs is 2. The minimum absolute atomic E-state index is 0.390. The third-order valence-corrected chi connectivity index (χ3v) is 6.12. The fourth-order valence-corrected chi connectivity index (χ4v) is 5.19. The highest BCUT2D eigenvalue weighted by molar-refractivity contribution is 9.10. The maximum absolute atomic E-state index is 6.40. The second-order valence-electron chi connectivity index (χ2n) is 5.44. The van der Waals surface area contributed by atoms with Crippen LogP contribution >= 0.6 is 27.3 Å². The predicted octanol–water partition coefficient (Wildman–Crippen LogP) is 3.82. The fourth-order valence-electron chi connectivity index (χ4n) is 3.66. The van der Waals surface area contributed by atoms with Gasteiger partial charge in [-0.15, -0.1) is 11.3 Å². The third kappa shape index (κ3) is 2.09. The van der Waals surface area contributed by atoms with E-state index in [0.29, 0.717) is 6.04 Å². The predicted molar refractivity (Wildman–Crippen MR) is 72.6 cm³/mol. The maximum atomic E-state index is 6.40. The zero-order chi connectivity index (χ0) is 11.1. The molecule has 0 spiro atoms. The van der Waals surface area contributed by atoms with Gasteiger partial charge in [-0.1, -0.05) is 6.42 Å². The molecule has 4 atom stereocenters. The number of halogens is 1. The lowest BCUT2D eigenvalue weighted by atomic mass is 9.82. The summed E-state index contributed by atoms with van der Waals surface area (Å²) in [5, 5.41) is 2.16. The van der Waals surface area contributed by atoms with Gasteiger partial charge in [0.2, 0.25) is 0 Å². The first-order valence-electron chi connectivity index (χ1n) is 6.21. The van der Waals surface area contributed by atoms with Crippen molar-refractivity contribution in [3.05, 3.63) is 20.8 Å². The Labute approximate surface area is 110 Å². The van der Waals surface area contributed by atoms with E-state index in [1.165, 1.54) is 35.0 Å². The van der Waals surface area contributed by atoms with Crippen LogP contribution in [0.3, 0.4) is 0 Å². The lowest BCUT2D eigenvalue weighted by Gasteiger charge is -2.27. The van der Waals surface area contributed by atoms with Crippen LogP contribution in [0.2, 0.25) is 0 Å². The molecule has 2 aliphatic rings. The Morgan fingerprint density at radius 3 is 2.88 bits per heavy atom. The minimum Gasteiger partial charge on any atom is -0.327 e. The van der Waals surface area contributed by atoms with E-state index in [1.807, 2.05) is 11.3 Å². The molecule has 2 aliphatic carbocycles. The molecule has 2 N–H and O–H groups in total. The summed E-state index contributed by atoms with van der Waals surface area (Å²) in [5.74, 6) is 2.76. The molecule has 88 valence electrons. The molecule has 0 aliphatic heterocycles. The molecular weight excluding hydrogens is 282 g/mol. The molecule has 1 aromatic heterocycles. The SMILES string of the molecule is NC(Cc1cc(Br)cs1)C1CC2CCC1C2. The van der Waals surface area contributed by atoms with E-state index in [2.05, 4.69) is 27.4 Å². The number of rotatable bonds is 3. The zero-order valence-electron chi connectivity index (χ0n) is 9.36. The summed E-state index contributed by atoms with van der Waals surface area (Å²) in [6, 6.07) is 2.61. The van der Waals surface area contributed by atoms with Crippen LogP contribution in [0.5, 0.6) is 0 Å². The van der Waals surface area contributed by atoms with Crippen molar-refractivity contribution in [2.45, 2.75) is 38.1 Å². The second-order valence-corrected chi connectivity index (χ2v) is 7.35.